The van der Waals surface area contributed by atoms with Gasteiger partial charge in [-0.2, -0.15) is 5.10 Å². The number of amides is 1. The number of carboxylic acid groups (broad SMARTS) is 1. The molecule has 3 aromatic rings. The first kappa shape index (κ1) is 14.5. The SMILES string of the molecule is O=C(O)CNC(=O)c1nc(-c2ccccc2)c2[nH]ncc2c1O. The fourth-order valence-corrected chi connectivity index (χ4v) is 2.20. The molecule has 4 N–H and O–H groups in total. The van der Waals surface area contributed by atoms with Crippen LogP contribution in [-0.4, -0.2) is 43.8 Å². The van der Waals surface area contributed by atoms with Crippen molar-refractivity contribution >= 4 is 22.8 Å². The number of carbonyl (C=O) groups excluding carboxylic acids is 1. The standard InChI is InChI=1S/C15H12N4O4/c20-10(21)7-16-15(23)13-14(22)9-6-17-19-12(9)11(18-13)8-4-2-1-3-5-8/h1-6,22H,7H2,(H,16,23)(H,17,19)(H,20,21). The largest absolute Gasteiger partial charge is 0.505 e. The van der Waals surface area contributed by atoms with Gasteiger partial charge in [-0.05, 0) is 0 Å². The number of H-pyrrole nitrogens is 1. The van der Waals surface area contributed by atoms with Gasteiger partial charge in [0.05, 0.1) is 22.8 Å². The second kappa shape index (κ2) is 5.76. The molecule has 23 heavy (non-hydrogen) atoms. The molecule has 8 heteroatoms. The fourth-order valence-electron chi connectivity index (χ4n) is 2.20. The fraction of sp³-hybridized carbons (Fsp3) is 0.0667. The monoisotopic (exact) mass is 312 g/mol. The van der Waals surface area contributed by atoms with Crippen molar-refractivity contribution < 1.29 is 19.8 Å². The van der Waals surface area contributed by atoms with Gasteiger partial charge in [-0.15, -0.1) is 0 Å². The molecule has 0 unspecified atom stereocenters. The van der Waals surface area contributed by atoms with Gasteiger partial charge in [0.1, 0.15) is 6.54 Å². The summed E-state index contributed by atoms with van der Waals surface area (Å²) >= 11 is 0. The van der Waals surface area contributed by atoms with Crippen LogP contribution in [0, 0.1) is 0 Å². The van der Waals surface area contributed by atoms with E-state index in [1.54, 1.807) is 12.1 Å². The van der Waals surface area contributed by atoms with Crippen LogP contribution in [0.25, 0.3) is 22.2 Å². The molecule has 116 valence electrons. The van der Waals surface area contributed by atoms with Crippen LogP contribution in [0.1, 0.15) is 10.5 Å². The van der Waals surface area contributed by atoms with Gasteiger partial charge in [-0.3, -0.25) is 14.7 Å². The summed E-state index contributed by atoms with van der Waals surface area (Å²) < 4.78 is 0. The van der Waals surface area contributed by atoms with Crippen LogP contribution in [-0.2, 0) is 4.79 Å². The van der Waals surface area contributed by atoms with Gasteiger partial charge in [0, 0.05) is 5.56 Å². The lowest BCUT2D eigenvalue weighted by molar-refractivity contribution is -0.135. The normalized spacial score (nSPS) is 10.6. The number of rotatable bonds is 4. The number of nitrogens with one attached hydrogen (secondary N) is 2. The maximum atomic E-state index is 12.1. The molecule has 0 radical (unpaired) electrons. The second-order valence-corrected chi connectivity index (χ2v) is 4.76. The molecule has 0 atom stereocenters. The lowest BCUT2D eigenvalue weighted by Crippen LogP contribution is -2.30. The summed E-state index contributed by atoms with van der Waals surface area (Å²) in [7, 11) is 0. The van der Waals surface area contributed by atoms with Gasteiger partial charge >= 0.3 is 5.97 Å². The van der Waals surface area contributed by atoms with Crippen molar-refractivity contribution in [3.63, 3.8) is 0 Å². The average Bonchev–Trinajstić information content (AvgIpc) is 3.04. The second-order valence-electron chi connectivity index (χ2n) is 4.76. The number of aromatic amines is 1. The highest BCUT2D eigenvalue weighted by atomic mass is 16.4. The van der Waals surface area contributed by atoms with E-state index in [1.807, 2.05) is 18.2 Å². The molecule has 0 aliphatic rings. The Kier molecular flexibility index (Phi) is 3.63. The third-order valence-electron chi connectivity index (χ3n) is 3.24. The predicted octanol–water partition coefficient (Wildman–Crippen LogP) is 1.14. The summed E-state index contributed by atoms with van der Waals surface area (Å²) in [4.78, 5) is 26.9. The van der Waals surface area contributed by atoms with Crippen molar-refractivity contribution in [3.05, 3.63) is 42.2 Å². The molecule has 1 amide bonds. The van der Waals surface area contributed by atoms with Crippen LogP contribution in [0.3, 0.4) is 0 Å². The van der Waals surface area contributed by atoms with Crippen LogP contribution in [0.4, 0.5) is 0 Å². The Morgan fingerprint density at radius 1 is 1.22 bits per heavy atom. The van der Waals surface area contributed by atoms with Gasteiger partial charge in [0.15, 0.2) is 11.4 Å². The maximum Gasteiger partial charge on any atom is 0.322 e. The molecular formula is C15H12N4O4. The van der Waals surface area contributed by atoms with E-state index in [9.17, 15) is 14.7 Å². The lowest BCUT2D eigenvalue weighted by atomic mass is 10.1. The third-order valence-corrected chi connectivity index (χ3v) is 3.24. The number of aromatic hydroxyl groups is 1. The van der Waals surface area contributed by atoms with Gasteiger partial charge in [0.2, 0.25) is 0 Å². The Labute approximate surface area is 129 Å². The molecule has 1 aromatic carbocycles. The number of hydrogen-bond donors (Lipinski definition) is 4. The highest BCUT2D eigenvalue weighted by Gasteiger charge is 2.21. The van der Waals surface area contributed by atoms with Gasteiger partial charge < -0.3 is 15.5 Å². The summed E-state index contributed by atoms with van der Waals surface area (Å²) in [6.45, 7) is -0.565. The molecule has 0 spiro atoms. The van der Waals surface area contributed by atoms with Crippen LogP contribution < -0.4 is 5.32 Å². The zero-order valence-electron chi connectivity index (χ0n) is 11.8. The van der Waals surface area contributed by atoms with Gasteiger partial charge in [-0.1, -0.05) is 30.3 Å². The summed E-state index contributed by atoms with van der Waals surface area (Å²) in [6, 6.07) is 9.08. The Morgan fingerprint density at radius 2 is 1.96 bits per heavy atom. The van der Waals surface area contributed by atoms with Crippen molar-refractivity contribution in [1.82, 2.24) is 20.5 Å². The quantitative estimate of drug-likeness (QED) is 0.572. The van der Waals surface area contributed by atoms with Crippen molar-refractivity contribution in [2.45, 2.75) is 0 Å². The van der Waals surface area contributed by atoms with Crippen LogP contribution >= 0.6 is 0 Å². The van der Waals surface area contributed by atoms with E-state index in [4.69, 9.17) is 5.11 Å². The number of aromatic nitrogens is 3. The number of aliphatic carboxylic acids is 1. The summed E-state index contributed by atoms with van der Waals surface area (Å²) in [5.74, 6) is -2.31. The van der Waals surface area contributed by atoms with Crippen LogP contribution in [0.15, 0.2) is 36.5 Å². The molecule has 0 saturated carbocycles. The molecule has 0 aliphatic carbocycles. The number of hydrogen-bond acceptors (Lipinski definition) is 5. The number of benzene rings is 1. The summed E-state index contributed by atoms with van der Waals surface area (Å²) in [5.41, 5.74) is 1.41. The molecule has 0 aliphatic heterocycles. The first-order valence-electron chi connectivity index (χ1n) is 6.69. The molecule has 3 rings (SSSR count). The van der Waals surface area contributed by atoms with E-state index >= 15 is 0 Å². The van der Waals surface area contributed by atoms with Gasteiger partial charge in [0.25, 0.3) is 5.91 Å². The molecule has 2 heterocycles. The van der Waals surface area contributed by atoms with E-state index in [-0.39, 0.29) is 11.4 Å². The number of fused-ring (bicyclic) bond motifs is 1. The van der Waals surface area contributed by atoms with Crippen molar-refractivity contribution in [3.8, 4) is 17.0 Å². The first-order chi connectivity index (χ1) is 11.1. The smallest absolute Gasteiger partial charge is 0.322 e. The van der Waals surface area contributed by atoms with E-state index in [2.05, 4.69) is 20.5 Å². The molecule has 2 aromatic heterocycles. The predicted molar refractivity (Wildman–Crippen MR) is 81.0 cm³/mol. The zero-order valence-corrected chi connectivity index (χ0v) is 11.8. The molecular weight excluding hydrogens is 300 g/mol. The average molecular weight is 312 g/mol. The van der Waals surface area contributed by atoms with Crippen LogP contribution in [0.2, 0.25) is 0 Å². The third kappa shape index (κ3) is 2.69. The van der Waals surface area contributed by atoms with Crippen molar-refractivity contribution in [2.75, 3.05) is 6.54 Å². The van der Waals surface area contributed by atoms with Crippen molar-refractivity contribution in [1.29, 1.82) is 0 Å². The maximum absolute atomic E-state index is 12.1. The minimum absolute atomic E-state index is 0.251. The van der Waals surface area contributed by atoms with Gasteiger partial charge in [-0.25, -0.2) is 4.98 Å². The van der Waals surface area contributed by atoms with Crippen molar-refractivity contribution in [2.24, 2.45) is 0 Å². The lowest BCUT2D eigenvalue weighted by Gasteiger charge is -2.09. The molecule has 0 bridgehead atoms. The van der Waals surface area contributed by atoms with E-state index in [0.29, 0.717) is 16.6 Å². The minimum Gasteiger partial charge on any atom is -0.505 e. The zero-order chi connectivity index (χ0) is 16.4. The Hall–Kier alpha value is -3.42. The highest BCUT2D eigenvalue weighted by molar-refractivity contribution is 6.05. The molecule has 0 saturated heterocycles. The summed E-state index contributed by atoms with van der Waals surface area (Å²) in [6.07, 6.45) is 1.38. The number of pyridine rings is 1. The van der Waals surface area contributed by atoms with Crippen LogP contribution in [0.5, 0.6) is 5.75 Å². The first-order valence-corrected chi connectivity index (χ1v) is 6.69. The Morgan fingerprint density at radius 3 is 2.65 bits per heavy atom. The van der Waals surface area contributed by atoms with E-state index in [1.165, 1.54) is 6.20 Å². The summed E-state index contributed by atoms with van der Waals surface area (Å²) in [5, 5.41) is 28.0. The highest BCUT2D eigenvalue weighted by Crippen LogP contribution is 2.32. The molecule has 0 fully saturated rings. The van der Waals surface area contributed by atoms with E-state index < -0.39 is 18.4 Å². The number of carboxylic acids is 1. The Bertz CT molecular complexity index is 889. The Balaban J connectivity index is 2.14. The number of carbonyl (C=O) groups is 2. The number of nitrogens with zero attached hydrogens (tertiary/aromatic N) is 2. The van der Waals surface area contributed by atoms with E-state index in [0.717, 1.165) is 5.56 Å². The topological polar surface area (TPSA) is 128 Å². The molecule has 8 nitrogen and oxygen atoms in total. The minimum atomic E-state index is -1.19.